The predicted octanol–water partition coefficient (Wildman–Crippen LogP) is 4.41. The lowest BCUT2D eigenvalue weighted by molar-refractivity contribution is 0.0715. The maximum Gasteiger partial charge on any atom is 0.254 e. The van der Waals surface area contributed by atoms with Gasteiger partial charge in [-0.3, -0.25) is 4.79 Å². The van der Waals surface area contributed by atoms with Crippen molar-refractivity contribution in [2.24, 2.45) is 0 Å². The zero-order valence-corrected chi connectivity index (χ0v) is 16.4. The Kier molecular flexibility index (Phi) is 5.15. The van der Waals surface area contributed by atoms with E-state index in [-0.39, 0.29) is 11.9 Å². The van der Waals surface area contributed by atoms with Gasteiger partial charge in [-0.2, -0.15) is 0 Å². The number of hydrogen-bond acceptors (Lipinski definition) is 3. The summed E-state index contributed by atoms with van der Waals surface area (Å²) in [5.41, 5.74) is 5.24. The van der Waals surface area contributed by atoms with Crippen molar-refractivity contribution in [3.8, 4) is 11.4 Å². The molecule has 1 fully saturated rings. The molecule has 0 unspecified atom stereocenters. The second-order valence-corrected chi connectivity index (χ2v) is 7.52. The van der Waals surface area contributed by atoms with E-state index >= 15 is 0 Å². The topological polar surface area (TPSA) is 61.0 Å². The average molecular weight is 374 g/mol. The van der Waals surface area contributed by atoms with E-state index in [1.54, 1.807) is 12.4 Å². The van der Waals surface area contributed by atoms with Gasteiger partial charge in [0, 0.05) is 42.8 Å². The van der Waals surface area contributed by atoms with Crippen LogP contribution in [0, 0.1) is 13.8 Å². The van der Waals surface area contributed by atoms with E-state index in [0.717, 1.165) is 36.5 Å². The summed E-state index contributed by atoms with van der Waals surface area (Å²) in [7, 11) is 0. The van der Waals surface area contributed by atoms with E-state index in [2.05, 4.69) is 47.3 Å². The number of anilines is 1. The number of aromatic amines is 1. The first kappa shape index (κ1) is 18.3. The zero-order chi connectivity index (χ0) is 19.5. The van der Waals surface area contributed by atoms with Crippen LogP contribution in [0.2, 0.25) is 0 Å². The number of benzene rings is 2. The Labute approximate surface area is 165 Å². The van der Waals surface area contributed by atoms with Crippen LogP contribution in [0.25, 0.3) is 11.4 Å². The van der Waals surface area contributed by atoms with Gasteiger partial charge in [0.1, 0.15) is 5.82 Å². The van der Waals surface area contributed by atoms with Crippen LogP contribution in [0.5, 0.6) is 0 Å². The molecule has 0 radical (unpaired) electrons. The fraction of sp³-hybridized carbons (Fsp3) is 0.304. The first-order valence-corrected chi connectivity index (χ1v) is 9.83. The van der Waals surface area contributed by atoms with Gasteiger partial charge < -0.3 is 15.2 Å². The third kappa shape index (κ3) is 3.79. The lowest BCUT2D eigenvalue weighted by Gasteiger charge is -2.34. The van der Waals surface area contributed by atoms with Crippen LogP contribution in [0.4, 0.5) is 5.69 Å². The normalized spacial score (nSPS) is 16.8. The zero-order valence-electron chi connectivity index (χ0n) is 16.4. The lowest BCUT2D eigenvalue weighted by atomic mass is 10.0. The summed E-state index contributed by atoms with van der Waals surface area (Å²) >= 11 is 0. The number of H-pyrrole nitrogens is 1. The van der Waals surface area contributed by atoms with Crippen molar-refractivity contribution in [1.29, 1.82) is 0 Å². The van der Waals surface area contributed by atoms with Gasteiger partial charge in [0.25, 0.3) is 5.91 Å². The Morgan fingerprint density at radius 3 is 2.82 bits per heavy atom. The van der Waals surface area contributed by atoms with Gasteiger partial charge in [-0.15, -0.1) is 0 Å². The number of rotatable bonds is 4. The summed E-state index contributed by atoms with van der Waals surface area (Å²) < 4.78 is 0. The van der Waals surface area contributed by atoms with Crippen LogP contribution >= 0.6 is 0 Å². The van der Waals surface area contributed by atoms with Crippen LogP contribution in [0.1, 0.15) is 34.3 Å². The van der Waals surface area contributed by atoms with Gasteiger partial charge in [-0.05, 0) is 56.0 Å². The molecule has 5 nitrogen and oxygen atoms in total. The minimum Gasteiger partial charge on any atom is -0.381 e. The van der Waals surface area contributed by atoms with E-state index in [0.29, 0.717) is 12.1 Å². The number of carbonyl (C=O) groups excluding carboxylic acids is 1. The highest BCUT2D eigenvalue weighted by atomic mass is 16.2. The summed E-state index contributed by atoms with van der Waals surface area (Å²) in [5, 5.41) is 3.61. The largest absolute Gasteiger partial charge is 0.381 e. The number of imidazole rings is 1. The van der Waals surface area contributed by atoms with Gasteiger partial charge in [-0.25, -0.2) is 4.98 Å². The standard InChI is InChI=1S/C23H26N4O/c1-16-9-10-18(14-17(16)2)26-19-6-5-13-27(15-19)23(28)21-8-4-3-7-20(21)22-24-11-12-25-22/h3-4,7-12,14,19,26H,5-6,13,15H2,1-2H3,(H,24,25)/t19-/m0/s1. The summed E-state index contributed by atoms with van der Waals surface area (Å²) in [6, 6.07) is 14.4. The van der Waals surface area contributed by atoms with Gasteiger partial charge >= 0.3 is 0 Å². The number of nitrogens with one attached hydrogen (secondary N) is 2. The number of hydrogen-bond donors (Lipinski definition) is 2. The molecular weight excluding hydrogens is 348 g/mol. The molecule has 0 bridgehead atoms. The van der Waals surface area contributed by atoms with E-state index in [1.807, 2.05) is 29.2 Å². The molecule has 1 aliphatic heterocycles. The van der Waals surface area contributed by atoms with Crippen molar-refractivity contribution in [2.45, 2.75) is 32.7 Å². The van der Waals surface area contributed by atoms with Crippen molar-refractivity contribution < 1.29 is 4.79 Å². The number of likely N-dealkylation sites (tertiary alicyclic amines) is 1. The first-order chi connectivity index (χ1) is 13.6. The number of carbonyl (C=O) groups is 1. The SMILES string of the molecule is Cc1ccc(N[C@H]2CCCN(C(=O)c3ccccc3-c3ncc[nH]3)C2)cc1C. The van der Waals surface area contributed by atoms with E-state index in [9.17, 15) is 4.79 Å². The van der Waals surface area contributed by atoms with Gasteiger partial charge in [0.05, 0.1) is 5.56 Å². The molecule has 2 aromatic carbocycles. The lowest BCUT2D eigenvalue weighted by Crippen LogP contribution is -2.45. The van der Waals surface area contributed by atoms with Crippen LogP contribution < -0.4 is 5.32 Å². The Morgan fingerprint density at radius 1 is 1.18 bits per heavy atom. The highest BCUT2D eigenvalue weighted by Gasteiger charge is 2.26. The summed E-state index contributed by atoms with van der Waals surface area (Å²) in [6.45, 7) is 5.74. The molecule has 144 valence electrons. The van der Waals surface area contributed by atoms with Gasteiger partial charge in [0.2, 0.25) is 0 Å². The minimum absolute atomic E-state index is 0.0681. The monoisotopic (exact) mass is 374 g/mol. The molecule has 2 N–H and O–H groups in total. The maximum atomic E-state index is 13.3. The molecule has 1 aliphatic rings. The fourth-order valence-corrected chi connectivity index (χ4v) is 3.81. The van der Waals surface area contributed by atoms with E-state index in [1.165, 1.54) is 11.1 Å². The molecule has 0 saturated carbocycles. The van der Waals surface area contributed by atoms with Crippen molar-refractivity contribution in [3.05, 3.63) is 71.5 Å². The van der Waals surface area contributed by atoms with Gasteiger partial charge in [0.15, 0.2) is 0 Å². The van der Waals surface area contributed by atoms with Crippen molar-refractivity contribution in [2.75, 3.05) is 18.4 Å². The van der Waals surface area contributed by atoms with Crippen molar-refractivity contribution in [1.82, 2.24) is 14.9 Å². The summed E-state index contributed by atoms with van der Waals surface area (Å²) in [6.07, 6.45) is 5.55. The number of amides is 1. The molecule has 2 heterocycles. The highest BCUT2D eigenvalue weighted by molar-refractivity contribution is 6.00. The molecule has 0 aliphatic carbocycles. The molecule has 0 spiro atoms. The predicted molar refractivity (Wildman–Crippen MR) is 112 cm³/mol. The third-order valence-corrected chi connectivity index (χ3v) is 5.50. The molecule has 1 atom stereocenters. The highest BCUT2D eigenvalue weighted by Crippen LogP contribution is 2.24. The molecule has 28 heavy (non-hydrogen) atoms. The second-order valence-electron chi connectivity index (χ2n) is 7.52. The van der Waals surface area contributed by atoms with E-state index in [4.69, 9.17) is 0 Å². The van der Waals surface area contributed by atoms with Crippen LogP contribution in [-0.2, 0) is 0 Å². The minimum atomic E-state index is 0.0681. The van der Waals surface area contributed by atoms with Crippen molar-refractivity contribution >= 4 is 11.6 Å². The van der Waals surface area contributed by atoms with Crippen LogP contribution in [0.15, 0.2) is 54.9 Å². The Hall–Kier alpha value is -3.08. The molecule has 3 aromatic rings. The summed E-state index contributed by atoms with van der Waals surface area (Å²) in [4.78, 5) is 22.7. The molecular formula is C23H26N4O. The Balaban J connectivity index is 1.50. The van der Waals surface area contributed by atoms with Crippen molar-refractivity contribution in [3.63, 3.8) is 0 Å². The number of aryl methyl sites for hydroxylation is 2. The molecule has 5 heteroatoms. The second kappa shape index (κ2) is 7.89. The number of aromatic nitrogens is 2. The average Bonchev–Trinajstić information content (AvgIpc) is 3.25. The summed E-state index contributed by atoms with van der Waals surface area (Å²) in [5.74, 6) is 0.796. The first-order valence-electron chi connectivity index (χ1n) is 9.83. The number of nitrogens with zero attached hydrogens (tertiary/aromatic N) is 2. The molecule has 1 aromatic heterocycles. The van der Waals surface area contributed by atoms with Gasteiger partial charge in [-0.1, -0.05) is 24.3 Å². The van der Waals surface area contributed by atoms with Crippen LogP contribution in [0.3, 0.4) is 0 Å². The quantitative estimate of drug-likeness (QED) is 0.711. The third-order valence-electron chi connectivity index (χ3n) is 5.50. The smallest absolute Gasteiger partial charge is 0.254 e. The molecule has 1 saturated heterocycles. The van der Waals surface area contributed by atoms with Crippen LogP contribution in [-0.4, -0.2) is 39.9 Å². The number of piperidine rings is 1. The molecule has 4 rings (SSSR count). The molecule has 1 amide bonds. The Morgan fingerprint density at radius 2 is 2.04 bits per heavy atom. The fourth-order valence-electron chi connectivity index (χ4n) is 3.81. The van der Waals surface area contributed by atoms with E-state index < -0.39 is 0 Å². The Bertz CT molecular complexity index is 964. The maximum absolute atomic E-state index is 13.3.